The molecule has 0 saturated heterocycles. The quantitative estimate of drug-likeness (QED) is 0.317. The summed E-state index contributed by atoms with van der Waals surface area (Å²) in [6.07, 6.45) is 0.124. The summed E-state index contributed by atoms with van der Waals surface area (Å²) in [5.74, 6) is -0.0984. The molecule has 0 aromatic heterocycles. The zero-order valence-corrected chi connectivity index (χ0v) is 19.4. The SMILES string of the molecule is CCOC(=O)Oc1ccc(C(=O)NCc2cccc(NC(=O)CCc3cccc(Cl)c3)c2)cc1. The largest absolute Gasteiger partial charge is 0.513 e. The molecule has 0 aliphatic heterocycles. The molecular formula is C26H25ClN2O5. The third-order valence-corrected chi connectivity index (χ3v) is 5.01. The fraction of sp³-hybridized carbons (Fsp3) is 0.192. The van der Waals surface area contributed by atoms with Crippen LogP contribution in [0, 0.1) is 0 Å². The summed E-state index contributed by atoms with van der Waals surface area (Å²) in [7, 11) is 0. The number of carbonyl (C=O) groups is 3. The van der Waals surface area contributed by atoms with Crippen LogP contribution in [0.15, 0.2) is 72.8 Å². The highest BCUT2D eigenvalue weighted by Crippen LogP contribution is 2.15. The second-order valence-electron chi connectivity index (χ2n) is 7.37. The summed E-state index contributed by atoms with van der Waals surface area (Å²) in [6, 6.07) is 20.9. The Labute approximate surface area is 203 Å². The van der Waals surface area contributed by atoms with Crippen molar-refractivity contribution in [2.24, 2.45) is 0 Å². The molecule has 0 fully saturated rings. The van der Waals surface area contributed by atoms with Gasteiger partial charge in [0.05, 0.1) is 6.61 Å². The van der Waals surface area contributed by atoms with E-state index < -0.39 is 6.16 Å². The topological polar surface area (TPSA) is 93.7 Å². The van der Waals surface area contributed by atoms with Crippen molar-refractivity contribution in [3.63, 3.8) is 0 Å². The van der Waals surface area contributed by atoms with Crippen molar-refractivity contribution in [3.05, 3.63) is 94.5 Å². The standard InChI is InChI=1S/C26H25ClN2O5/c1-2-33-26(32)34-23-12-10-20(11-13-23)25(31)28-17-19-6-4-8-22(16-19)29-24(30)14-9-18-5-3-7-21(27)15-18/h3-8,10-13,15-16H,2,9,14,17H2,1H3,(H,28,31)(H,29,30). The van der Waals surface area contributed by atoms with Crippen LogP contribution < -0.4 is 15.4 Å². The molecule has 0 heterocycles. The number of carbonyl (C=O) groups excluding carboxylic acids is 3. The third kappa shape index (κ3) is 7.94. The molecule has 34 heavy (non-hydrogen) atoms. The maximum atomic E-state index is 12.4. The zero-order chi connectivity index (χ0) is 24.3. The van der Waals surface area contributed by atoms with Crippen LogP contribution >= 0.6 is 11.6 Å². The molecule has 2 amide bonds. The van der Waals surface area contributed by atoms with E-state index in [1.807, 2.05) is 36.4 Å². The number of rotatable bonds is 9. The molecule has 0 aliphatic carbocycles. The van der Waals surface area contributed by atoms with Gasteiger partial charge < -0.3 is 20.1 Å². The van der Waals surface area contributed by atoms with Gasteiger partial charge in [-0.25, -0.2) is 4.79 Å². The van der Waals surface area contributed by atoms with E-state index in [2.05, 4.69) is 10.6 Å². The van der Waals surface area contributed by atoms with E-state index in [0.717, 1.165) is 11.1 Å². The highest BCUT2D eigenvalue weighted by Gasteiger charge is 2.09. The Morgan fingerprint density at radius 3 is 2.38 bits per heavy atom. The first-order valence-corrected chi connectivity index (χ1v) is 11.2. The minimum absolute atomic E-state index is 0.105. The lowest BCUT2D eigenvalue weighted by Crippen LogP contribution is -2.22. The van der Waals surface area contributed by atoms with E-state index in [1.165, 1.54) is 12.1 Å². The van der Waals surface area contributed by atoms with Crippen molar-refractivity contribution in [3.8, 4) is 5.75 Å². The summed E-state index contributed by atoms with van der Waals surface area (Å²) in [6.45, 7) is 2.18. The monoisotopic (exact) mass is 480 g/mol. The first-order chi connectivity index (χ1) is 16.4. The Bertz CT molecular complexity index is 1150. The van der Waals surface area contributed by atoms with Gasteiger partial charge in [-0.15, -0.1) is 0 Å². The van der Waals surface area contributed by atoms with E-state index in [-0.39, 0.29) is 30.7 Å². The van der Waals surface area contributed by atoms with Gasteiger partial charge in [-0.3, -0.25) is 9.59 Å². The van der Waals surface area contributed by atoms with Crippen LogP contribution in [-0.4, -0.2) is 24.6 Å². The molecule has 3 aromatic rings. The first-order valence-electron chi connectivity index (χ1n) is 10.8. The van der Waals surface area contributed by atoms with Crippen LogP contribution in [0.5, 0.6) is 5.75 Å². The van der Waals surface area contributed by atoms with Gasteiger partial charge in [0.1, 0.15) is 5.75 Å². The van der Waals surface area contributed by atoms with Crippen LogP contribution in [0.25, 0.3) is 0 Å². The van der Waals surface area contributed by atoms with E-state index in [9.17, 15) is 14.4 Å². The summed E-state index contributed by atoms with van der Waals surface area (Å²) < 4.78 is 9.69. The molecule has 7 nitrogen and oxygen atoms in total. The molecule has 0 unspecified atom stereocenters. The van der Waals surface area contributed by atoms with E-state index >= 15 is 0 Å². The summed E-state index contributed by atoms with van der Waals surface area (Å²) in [4.78, 5) is 36.1. The van der Waals surface area contributed by atoms with Crippen molar-refractivity contribution >= 4 is 35.3 Å². The zero-order valence-electron chi connectivity index (χ0n) is 18.7. The minimum Gasteiger partial charge on any atom is -0.434 e. The molecular weight excluding hydrogens is 456 g/mol. The lowest BCUT2D eigenvalue weighted by atomic mass is 10.1. The van der Waals surface area contributed by atoms with Crippen molar-refractivity contribution in [1.29, 1.82) is 0 Å². The van der Waals surface area contributed by atoms with Crippen molar-refractivity contribution in [2.75, 3.05) is 11.9 Å². The van der Waals surface area contributed by atoms with Crippen molar-refractivity contribution in [2.45, 2.75) is 26.3 Å². The number of nitrogens with one attached hydrogen (secondary N) is 2. The van der Waals surface area contributed by atoms with Gasteiger partial charge in [0.2, 0.25) is 5.91 Å². The van der Waals surface area contributed by atoms with E-state index in [0.29, 0.717) is 29.1 Å². The predicted molar refractivity (Wildman–Crippen MR) is 130 cm³/mol. The normalized spacial score (nSPS) is 10.3. The molecule has 3 rings (SSSR count). The van der Waals surface area contributed by atoms with Gasteiger partial charge >= 0.3 is 6.16 Å². The Hall–Kier alpha value is -3.84. The highest BCUT2D eigenvalue weighted by molar-refractivity contribution is 6.30. The number of ether oxygens (including phenoxy) is 2. The van der Waals surface area contributed by atoms with E-state index in [1.54, 1.807) is 31.2 Å². The average Bonchev–Trinajstić information content (AvgIpc) is 2.82. The van der Waals surface area contributed by atoms with Crippen molar-refractivity contribution < 1.29 is 23.9 Å². The van der Waals surface area contributed by atoms with Gasteiger partial charge in [-0.2, -0.15) is 0 Å². The third-order valence-electron chi connectivity index (χ3n) is 4.77. The Kier molecular flexibility index (Phi) is 9.05. The predicted octanol–water partition coefficient (Wildman–Crippen LogP) is 5.38. The van der Waals surface area contributed by atoms with Crippen molar-refractivity contribution in [1.82, 2.24) is 5.32 Å². The Morgan fingerprint density at radius 1 is 0.912 bits per heavy atom. The van der Waals surface area contributed by atoms with Gasteiger partial charge in [0, 0.05) is 29.2 Å². The van der Waals surface area contributed by atoms with Crippen LogP contribution in [0.3, 0.4) is 0 Å². The fourth-order valence-corrected chi connectivity index (χ4v) is 3.35. The van der Waals surface area contributed by atoms with Gasteiger partial charge in [-0.05, 0) is 73.0 Å². The molecule has 0 spiro atoms. The minimum atomic E-state index is -0.795. The number of halogens is 1. The maximum absolute atomic E-state index is 12.4. The smallest absolute Gasteiger partial charge is 0.434 e. The summed E-state index contributed by atoms with van der Waals surface area (Å²) in [5, 5.41) is 6.36. The highest BCUT2D eigenvalue weighted by atomic mass is 35.5. The molecule has 176 valence electrons. The molecule has 8 heteroatoms. The molecule has 0 bridgehead atoms. The number of hydrogen-bond acceptors (Lipinski definition) is 5. The van der Waals surface area contributed by atoms with Gasteiger partial charge in [0.15, 0.2) is 0 Å². The van der Waals surface area contributed by atoms with Crippen LogP contribution in [0.4, 0.5) is 10.5 Å². The molecule has 0 aliphatic rings. The molecule has 3 aromatic carbocycles. The number of benzene rings is 3. The average molecular weight is 481 g/mol. The second kappa shape index (κ2) is 12.4. The lowest BCUT2D eigenvalue weighted by molar-refractivity contribution is -0.116. The Morgan fingerprint density at radius 2 is 1.65 bits per heavy atom. The molecule has 0 radical (unpaired) electrons. The van der Waals surface area contributed by atoms with Gasteiger partial charge in [-0.1, -0.05) is 35.9 Å². The van der Waals surface area contributed by atoms with E-state index in [4.69, 9.17) is 21.1 Å². The molecule has 0 saturated carbocycles. The fourth-order valence-electron chi connectivity index (χ4n) is 3.14. The number of anilines is 1. The molecule has 0 atom stereocenters. The first kappa shape index (κ1) is 24.8. The summed E-state index contributed by atoms with van der Waals surface area (Å²) >= 11 is 5.98. The van der Waals surface area contributed by atoms with Gasteiger partial charge in [0.25, 0.3) is 5.91 Å². The lowest BCUT2D eigenvalue weighted by Gasteiger charge is -2.10. The number of aryl methyl sites for hydroxylation is 1. The summed E-state index contributed by atoms with van der Waals surface area (Å²) in [5.41, 5.74) is 2.91. The number of amides is 2. The van der Waals surface area contributed by atoms with Crippen LogP contribution in [0.2, 0.25) is 5.02 Å². The number of hydrogen-bond donors (Lipinski definition) is 2. The van der Waals surface area contributed by atoms with Crippen LogP contribution in [-0.2, 0) is 22.5 Å². The second-order valence-corrected chi connectivity index (χ2v) is 7.81. The maximum Gasteiger partial charge on any atom is 0.513 e. The Balaban J connectivity index is 1.48. The molecule has 2 N–H and O–H groups in total. The van der Waals surface area contributed by atoms with Crippen LogP contribution in [0.1, 0.15) is 34.8 Å².